The van der Waals surface area contributed by atoms with E-state index in [1.165, 1.54) is 0 Å². The van der Waals surface area contributed by atoms with E-state index in [1.807, 2.05) is 10.6 Å². The lowest BCUT2D eigenvalue weighted by molar-refractivity contribution is 0.0844. The number of hydrogen-bond donors (Lipinski definition) is 0. The van der Waals surface area contributed by atoms with Gasteiger partial charge in [-0.2, -0.15) is 9.61 Å². The van der Waals surface area contributed by atoms with Crippen molar-refractivity contribution in [3.05, 3.63) is 23.5 Å². The van der Waals surface area contributed by atoms with E-state index in [-0.39, 0.29) is 0 Å². The lowest BCUT2D eigenvalue weighted by Gasteiger charge is -2.19. The van der Waals surface area contributed by atoms with Crippen LogP contribution in [0.15, 0.2) is 12.1 Å². The van der Waals surface area contributed by atoms with Gasteiger partial charge in [0.2, 0.25) is 5.88 Å². The van der Waals surface area contributed by atoms with Crippen molar-refractivity contribution in [3.8, 4) is 5.88 Å². The maximum Gasteiger partial charge on any atom is 0.218 e. The van der Waals surface area contributed by atoms with Gasteiger partial charge in [-0.1, -0.05) is 20.8 Å². The summed E-state index contributed by atoms with van der Waals surface area (Å²) in [6.07, 6.45) is 3.05. The summed E-state index contributed by atoms with van der Waals surface area (Å²) in [5, 5.41) is 4.76. The number of ether oxygens (including phenoxy) is 2. The second-order valence-electron chi connectivity index (χ2n) is 6.25. The summed E-state index contributed by atoms with van der Waals surface area (Å²) in [5.41, 5.74) is 3.05. The molecule has 2 aromatic heterocycles. The van der Waals surface area contributed by atoms with E-state index in [9.17, 15) is 0 Å². The molecule has 0 aromatic carbocycles. The first-order valence-corrected chi connectivity index (χ1v) is 8.30. The van der Waals surface area contributed by atoms with Crippen molar-refractivity contribution in [1.82, 2.24) is 14.6 Å². The molecular formula is C17H25N3O2. The first-order chi connectivity index (χ1) is 10.7. The van der Waals surface area contributed by atoms with Crippen molar-refractivity contribution in [2.75, 3.05) is 19.8 Å². The van der Waals surface area contributed by atoms with Gasteiger partial charge in [0.25, 0.3) is 0 Å². The first-order valence-electron chi connectivity index (χ1n) is 8.30. The van der Waals surface area contributed by atoms with Gasteiger partial charge in [-0.3, -0.25) is 0 Å². The van der Waals surface area contributed by atoms with E-state index < -0.39 is 0 Å². The molecule has 0 spiro atoms. The molecule has 5 heteroatoms. The SMILES string of the molecule is CCCOc1cc(C(C)C)nc2cc(C3CCOCC3)nn12. The summed E-state index contributed by atoms with van der Waals surface area (Å²) in [4.78, 5) is 4.75. The van der Waals surface area contributed by atoms with Crippen LogP contribution in [0.5, 0.6) is 5.88 Å². The van der Waals surface area contributed by atoms with Crippen molar-refractivity contribution in [1.29, 1.82) is 0 Å². The van der Waals surface area contributed by atoms with Crippen molar-refractivity contribution < 1.29 is 9.47 Å². The standard InChI is InChI=1S/C17H25N3O2/c1-4-7-22-17-11-14(12(2)3)18-16-10-15(19-20(16)17)13-5-8-21-9-6-13/h10-13H,4-9H2,1-3H3. The molecule has 1 aliphatic rings. The van der Waals surface area contributed by atoms with Crippen molar-refractivity contribution in [2.45, 2.75) is 51.9 Å². The van der Waals surface area contributed by atoms with E-state index in [1.54, 1.807) is 0 Å². The summed E-state index contributed by atoms with van der Waals surface area (Å²) < 4.78 is 13.2. The topological polar surface area (TPSA) is 48.7 Å². The molecule has 5 nitrogen and oxygen atoms in total. The van der Waals surface area contributed by atoms with Crippen LogP contribution >= 0.6 is 0 Å². The highest BCUT2D eigenvalue weighted by Crippen LogP contribution is 2.28. The van der Waals surface area contributed by atoms with Gasteiger partial charge in [0.05, 0.1) is 18.0 Å². The average molecular weight is 303 g/mol. The zero-order valence-electron chi connectivity index (χ0n) is 13.7. The largest absolute Gasteiger partial charge is 0.478 e. The fraction of sp³-hybridized carbons (Fsp3) is 0.647. The molecule has 120 valence electrons. The molecule has 0 aliphatic carbocycles. The minimum atomic E-state index is 0.371. The van der Waals surface area contributed by atoms with E-state index in [4.69, 9.17) is 19.6 Å². The fourth-order valence-corrected chi connectivity index (χ4v) is 2.78. The second-order valence-corrected chi connectivity index (χ2v) is 6.25. The maximum atomic E-state index is 5.90. The third kappa shape index (κ3) is 3.09. The minimum Gasteiger partial charge on any atom is -0.478 e. The van der Waals surface area contributed by atoms with Crippen LogP contribution in [0.25, 0.3) is 5.65 Å². The Labute approximate surface area is 131 Å². The third-order valence-corrected chi connectivity index (χ3v) is 4.12. The number of rotatable bonds is 5. The molecule has 0 amide bonds. The molecule has 0 atom stereocenters. The number of hydrogen-bond acceptors (Lipinski definition) is 4. The molecule has 1 aliphatic heterocycles. The van der Waals surface area contributed by atoms with Crippen molar-refractivity contribution >= 4 is 5.65 Å². The van der Waals surface area contributed by atoms with Crippen LogP contribution in [0, 0.1) is 0 Å². The molecule has 0 saturated carbocycles. The van der Waals surface area contributed by atoms with Crippen LogP contribution in [0.2, 0.25) is 0 Å². The zero-order valence-corrected chi connectivity index (χ0v) is 13.7. The van der Waals surface area contributed by atoms with E-state index in [2.05, 4.69) is 26.8 Å². The maximum absolute atomic E-state index is 5.90. The highest BCUT2D eigenvalue weighted by atomic mass is 16.5. The zero-order chi connectivity index (χ0) is 15.5. The molecule has 3 rings (SSSR count). The van der Waals surface area contributed by atoms with Gasteiger partial charge in [-0.15, -0.1) is 0 Å². The fourth-order valence-electron chi connectivity index (χ4n) is 2.78. The quantitative estimate of drug-likeness (QED) is 0.847. The summed E-state index contributed by atoms with van der Waals surface area (Å²) in [7, 11) is 0. The molecule has 0 radical (unpaired) electrons. The number of aromatic nitrogens is 3. The Bertz CT molecular complexity index is 630. The van der Waals surface area contributed by atoms with Crippen LogP contribution in [-0.2, 0) is 4.74 Å². The van der Waals surface area contributed by atoms with Gasteiger partial charge in [-0.25, -0.2) is 4.98 Å². The van der Waals surface area contributed by atoms with E-state index >= 15 is 0 Å². The van der Waals surface area contributed by atoms with Crippen molar-refractivity contribution in [2.24, 2.45) is 0 Å². The van der Waals surface area contributed by atoms with Crippen LogP contribution in [0.3, 0.4) is 0 Å². The smallest absolute Gasteiger partial charge is 0.218 e. The summed E-state index contributed by atoms with van der Waals surface area (Å²) in [6, 6.07) is 4.13. The predicted octanol–water partition coefficient (Wildman–Crippen LogP) is 3.54. The van der Waals surface area contributed by atoms with Crippen LogP contribution in [-0.4, -0.2) is 34.4 Å². The van der Waals surface area contributed by atoms with Gasteiger partial charge >= 0.3 is 0 Å². The molecule has 0 bridgehead atoms. The van der Waals surface area contributed by atoms with Crippen molar-refractivity contribution in [3.63, 3.8) is 0 Å². The monoisotopic (exact) mass is 303 g/mol. The summed E-state index contributed by atoms with van der Waals surface area (Å²) in [6.45, 7) is 8.75. The molecule has 1 fully saturated rings. The second kappa shape index (κ2) is 6.65. The highest BCUT2D eigenvalue weighted by Gasteiger charge is 2.21. The predicted molar refractivity (Wildman–Crippen MR) is 85.7 cm³/mol. The van der Waals surface area contributed by atoms with Gasteiger partial charge in [0.1, 0.15) is 0 Å². The number of nitrogens with zero attached hydrogens (tertiary/aromatic N) is 3. The minimum absolute atomic E-state index is 0.371. The van der Waals surface area contributed by atoms with Crippen LogP contribution in [0.4, 0.5) is 0 Å². The van der Waals surface area contributed by atoms with Gasteiger partial charge in [0.15, 0.2) is 5.65 Å². The molecule has 0 N–H and O–H groups in total. The Morgan fingerprint density at radius 3 is 2.77 bits per heavy atom. The molecule has 1 saturated heterocycles. The summed E-state index contributed by atoms with van der Waals surface area (Å²) >= 11 is 0. The van der Waals surface area contributed by atoms with Gasteiger partial charge < -0.3 is 9.47 Å². The Kier molecular flexibility index (Phi) is 4.62. The van der Waals surface area contributed by atoms with Crippen LogP contribution < -0.4 is 4.74 Å². The normalized spacial score (nSPS) is 16.5. The lowest BCUT2D eigenvalue weighted by atomic mass is 9.97. The van der Waals surface area contributed by atoms with Gasteiger partial charge in [-0.05, 0) is 25.2 Å². The van der Waals surface area contributed by atoms with Crippen LogP contribution in [0.1, 0.15) is 63.3 Å². The molecular weight excluding hydrogens is 278 g/mol. The molecule has 2 aromatic rings. The molecule has 22 heavy (non-hydrogen) atoms. The Hall–Kier alpha value is -1.62. The first kappa shape index (κ1) is 15.3. The van der Waals surface area contributed by atoms with E-state index in [0.29, 0.717) is 18.4 Å². The average Bonchev–Trinajstić information content (AvgIpc) is 2.97. The highest BCUT2D eigenvalue weighted by molar-refractivity contribution is 5.45. The third-order valence-electron chi connectivity index (χ3n) is 4.12. The molecule has 0 unspecified atom stereocenters. The Balaban J connectivity index is 2.00. The number of fused-ring (bicyclic) bond motifs is 1. The van der Waals surface area contributed by atoms with Gasteiger partial charge in [0, 0.05) is 31.3 Å². The Morgan fingerprint density at radius 1 is 1.32 bits per heavy atom. The lowest BCUT2D eigenvalue weighted by Crippen LogP contribution is -2.14. The Morgan fingerprint density at radius 2 is 2.09 bits per heavy atom. The molecule has 3 heterocycles. The summed E-state index contributed by atoms with van der Waals surface area (Å²) in [5.74, 6) is 1.64. The van der Waals surface area contributed by atoms with E-state index in [0.717, 1.165) is 55.4 Å².